The van der Waals surface area contributed by atoms with E-state index in [4.69, 9.17) is 13.9 Å². The third-order valence-electron chi connectivity index (χ3n) is 2.72. The molecular formula is C14H19N3O3. The molecule has 0 spiro atoms. The van der Waals surface area contributed by atoms with Crippen molar-refractivity contribution in [1.29, 1.82) is 0 Å². The van der Waals surface area contributed by atoms with Crippen LogP contribution in [0, 0.1) is 6.92 Å². The van der Waals surface area contributed by atoms with Gasteiger partial charge in [0.25, 0.3) is 0 Å². The van der Waals surface area contributed by atoms with E-state index in [1.165, 1.54) is 0 Å². The normalized spacial score (nSPS) is 12.3. The lowest BCUT2D eigenvalue weighted by atomic mass is 10.2. The molecule has 2 aromatic rings. The van der Waals surface area contributed by atoms with Crippen molar-refractivity contribution in [3.63, 3.8) is 0 Å². The van der Waals surface area contributed by atoms with Gasteiger partial charge in [0.2, 0.25) is 0 Å². The Morgan fingerprint density at radius 2 is 2.15 bits per heavy atom. The first-order chi connectivity index (χ1) is 9.72. The molecule has 6 nitrogen and oxygen atoms in total. The molecule has 2 aromatic heterocycles. The minimum absolute atomic E-state index is 0.0975. The fourth-order valence-corrected chi connectivity index (χ4v) is 1.93. The molecule has 108 valence electrons. The van der Waals surface area contributed by atoms with Gasteiger partial charge < -0.3 is 19.2 Å². The van der Waals surface area contributed by atoms with Gasteiger partial charge in [-0.05, 0) is 19.1 Å². The highest BCUT2D eigenvalue weighted by Crippen LogP contribution is 2.19. The molecule has 1 atom stereocenters. The second kappa shape index (κ2) is 7.02. The van der Waals surface area contributed by atoms with E-state index in [-0.39, 0.29) is 6.04 Å². The molecule has 0 fully saturated rings. The molecule has 0 aromatic carbocycles. The molecule has 0 aliphatic rings. The van der Waals surface area contributed by atoms with Gasteiger partial charge in [0.1, 0.15) is 24.2 Å². The van der Waals surface area contributed by atoms with Gasteiger partial charge in [0.05, 0.1) is 12.9 Å². The summed E-state index contributed by atoms with van der Waals surface area (Å²) in [7, 11) is 3.27. The molecule has 0 amide bonds. The summed E-state index contributed by atoms with van der Waals surface area (Å²) in [5.74, 6) is 2.17. The maximum absolute atomic E-state index is 5.42. The average molecular weight is 277 g/mol. The summed E-state index contributed by atoms with van der Waals surface area (Å²) in [5, 5.41) is 3.30. The van der Waals surface area contributed by atoms with Crippen LogP contribution in [0.2, 0.25) is 0 Å². The second-order valence-electron chi connectivity index (χ2n) is 4.41. The quantitative estimate of drug-likeness (QED) is 0.837. The standard InChI is InChI=1S/C14H19N3O3/c1-10-7-13(17-14(15-10)9-19-3)16-11(8-18-2)12-5-4-6-20-12/h4-7,11H,8-9H2,1-3H3,(H,15,16,17). The second-order valence-corrected chi connectivity index (χ2v) is 4.41. The van der Waals surface area contributed by atoms with Gasteiger partial charge in [0.15, 0.2) is 5.82 Å². The van der Waals surface area contributed by atoms with E-state index in [0.29, 0.717) is 19.0 Å². The third-order valence-corrected chi connectivity index (χ3v) is 2.72. The number of aryl methyl sites for hydroxylation is 1. The van der Waals surface area contributed by atoms with E-state index in [1.807, 2.05) is 25.1 Å². The van der Waals surface area contributed by atoms with Gasteiger partial charge >= 0.3 is 0 Å². The van der Waals surface area contributed by atoms with E-state index in [9.17, 15) is 0 Å². The molecule has 0 aliphatic carbocycles. The summed E-state index contributed by atoms with van der Waals surface area (Å²) in [6.45, 7) is 2.78. The van der Waals surface area contributed by atoms with Crippen molar-refractivity contribution in [3.05, 3.63) is 41.7 Å². The summed E-state index contributed by atoms with van der Waals surface area (Å²) in [6.07, 6.45) is 1.64. The molecule has 0 saturated carbocycles. The molecule has 0 saturated heterocycles. The molecule has 6 heteroatoms. The molecule has 2 heterocycles. The summed E-state index contributed by atoms with van der Waals surface area (Å²) < 4.78 is 15.7. The smallest absolute Gasteiger partial charge is 0.156 e. The maximum Gasteiger partial charge on any atom is 0.156 e. The van der Waals surface area contributed by atoms with Crippen LogP contribution in [0.25, 0.3) is 0 Å². The minimum Gasteiger partial charge on any atom is -0.467 e. The third kappa shape index (κ3) is 3.79. The van der Waals surface area contributed by atoms with Crippen molar-refractivity contribution in [2.45, 2.75) is 19.6 Å². The summed E-state index contributed by atoms with van der Waals surface area (Å²) in [4.78, 5) is 8.72. The summed E-state index contributed by atoms with van der Waals surface area (Å²) in [5.41, 5.74) is 0.880. The topological polar surface area (TPSA) is 69.4 Å². The minimum atomic E-state index is -0.0975. The van der Waals surface area contributed by atoms with Crippen LogP contribution >= 0.6 is 0 Å². The number of anilines is 1. The van der Waals surface area contributed by atoms with Crippen LogP contribution in [-0.2, 0) is 16.1 Å². The lowest BCUT2D eigenvalue weighted by molar-refractivity contribution is 0.176. The molecule has 0 bridgehead atoms. The van der Waals surface area contributed by atoms with Crippen LogP contribution in [-0.4, -0.2) is 30.8 Å². The van der Waals surface area contributed by atoms with Crippen LogP contribution in [0.3, 0.4) is 0 Å². The fourth-order valence-electron chi connectivity index (χ4n) is 1.93. The van der Waals surface area contributed by atoms with Crippen LogP contribution in [0.15, 0.2) is 28.9 Å². The predicted octanol–water partition coefficient (Wildman–Crippen LogP) is 2.32. The SMILES string of the molecule is COCc1nc(C)cc(NC(COC)c2ccco2)n1. The Hall–Kier alpha value is -1.92. The predicted molar refractivity (Wildman–Crippen MR) is 74.4 cm³/mol. The number of rotatable bonds is 7. The van der Waals surface area contributed by atoms with Crippen molar-refractivity contribution >= 4 is 5.82 Å². The Morgan fingerprint density at radius 3 is 2.80 bits per heavy atom. The van der Waals surface area contributed by atoms with Crippen molar-refractivity contribution in [1.82, 2.24) is 9.97 Å². The number of nitrogens with one attached hydrogen (secondary N) is 1. The van der Waals surface area contributed by atoms with Crippen molar-refractivity contribution < 1.29 is 13.9 Å². The van der Waals surface area contributed by atoms with Crippen molar-refractivity contribution in [3.8, 4) is 0 Å². The number of furan rings is 1. The number of aromatic nitrogens is 2. The molecule has 1 N–H and O–H groups in total. The van der Waals surface area contributed by atoms with Crippen LogP contribution in [0.1, 0.15) is 23.3 Å². The zero-order valence-electron chi connectivity index (χ0n) is 11.9. The Labute approximate surface area is 118 Å². The van der Waals surface area contributed by atoms with Gasteiger partial charge in [-0.1, -0.05) is 0 Å². The Bertz CT molecular complexity index is 528. The van der Waals surface area contributed by atoms with Gasteiger partial charge in [-0.2, -0.15) is 0 Å². The monoisotopic (exact) mass is 277 g/mol. The highest BCUT2D eigenvalue weighted by molar-refractivity contribution is 5.38. The maximum atomic E-state index is 5.42. The molecule has 0 radical (unpaired) electrons. The lowest BCUT2D eigenvalue weighted by Crippen LogP contribution is -2.17. The van der Waals surface area contributed by atoms with Crippen molar-refractivity contribution in [2.75, 3.05) is 26.1 Å². The zero-order valence-corrected chi connectivity index (χ0v) is 11.9. The average Bonchev–Trinajstić information content (AvgIpc) is 2.91. The first-order valence-corrected chi connectivity index (χ1v) is 6.35. The van der Waals surface area contributed by atoms with Crippen LogP contribution in [0.5, 0.6) is 0 Å². The van der Waals surface area contributed by atoms with Crippen LogP contribution < -0.4 is 5.32 Å². The largest absolute Gasteiger partial charge is 0.467 e. The fraction of sp³-hybridized carbons (Fsp3) is 0.429. The van der Waals surface area contributed by atoms with Gasteiger partial charge in [-0.15, -0.1) is 0 Å². The number of methoxy groups -OCH3 is 2. The lowest BCUT2D eigenvalue weighted by Gasteiger charge is -2.17. The number of nitrogens with zero attached hydrogens (tertiary/aromatic N) is 2. The van der Waals surface area contributed by atoms with E-state index in [2.05, 4.69) is 15.3 Å². The number of hydrogen-bond acceptors (Lipinski definition) is 6. The number of hydrogen-bond donors (Lipinski definition) is 1. The van der Waals surface area contributed by atoms with Gasteiger partial charge in [0, 0.05) is 26.0 Å². The van der Waals surface area contributed by atoms with Gasteiger partial charge in [-0.3, -0.25) is 0 Å². The molecule has 2 rings (SSSR count). The van der Waals surface area contributed by atoms with Crippen molar-refractivity contribution in [2.24, 2.45) is 0 Å². The van der Waals surface area contributed by atoms with E-state index < -0.39 is 0 Å². The Morgan fingerprint density at radius 1 is 1.30 bits per heavy atom. The van der Waals surface area contributed by atoms with E-state index >= 15 is 0 Å². The molecular weight excluding hydrogens is 258 g/mol. The zero-order chi connectivity index (χ0) is 14.4. The number of ether oxygens (including phenoxy) is 2. The highest BCUT2D eigenvalue weighted by Gasteiger charge is 2.15. The molecule has 20 heavy (non-hydrogen) atoms. The van der Waals surface area contributed by atoms with E-state index in [1.54, 1.807) is 20.5 Å². The Kier molecular flexibility index (Phi) is 5.09. The first-order valence-electron chi connectivity index (χ1n) is 6.35. The first kappa shape index (κ1) is 14.5. The summed E-state index contributed by atoms with van der Waals surface area (Å²) >= 11 is 0. The summed E-state index contributed by atoms with van der Waals surface area (Å²) in [6, 6.07) is 5.53. The molecule has 0 aliphatic heterocycles. The van der Waals surface area contributed by atoms with Gasteiger partial charge in [-0.25, -0.2) is 9.97 Å². The molecule has 1 unspecified atom stereocenters. The van der Waals surface area contributed by atoms with E-state index in [0.717, 1.165) is 17.3 Å². The van der Waals surface area contributed by atoms with Crippen LogP contribution in [0.4, 0.5) is 5.82 Å². The highest BCUT2D eigenvalue weighted by atomic mass is 16.5. The Balaban J connectivity index is 2.17.